The SMILES string of the molecule is CCNC(=O)c1ccc(NCc2ccnn2C)c(C)c1. The van der Waals surface area contributed by atoms with Crippen LogP contribution in [0.15, 0.2) is 30.5 Å². The predicted octanol–water partition coefficient (Wildman–Crippen LogP) is 2.09. The third-order valence-electron chi connectivity index (χ3n) is 3.21. The molecule has 20 heavy (non-hydrogen) atoms. The zero-order chi connectivity index (χ0) is 14.5. The van der Waals surface area contributed by atoms with Gasteiger partial charge in [0.15, 0.2) is 0 Å². The fourth-order valence-corrected chi connectivity index (χ4v) is 2.03. The van der Waals surface area contributed by atoms with Gasteiger partial charge in [-0.25, -0.2) is 0 Å². The van der Waals surface area contributed by atoms with E-state index in [4.69, 9.17) is 0 Å². The largest absolute Gasteiger partial charge is 0.379 e. The summed E-state index contributed by atoms with van der Waals surface area (Å²) in [7, 11) is 1.92. The summed E-state index contributed by atoms with van der Waals surface area (Å²) in [5.41, 5.74) is 3.88. The first-order valence-corrected chi connectivity index (χ1v) is 6.71. The minimum Gasteiger partial charge on any atom is -0.379 e. The van der Waals surface area contributed by atoms with Crippen molar-refractivity contribution < 1.29 is 4.79 Å². The van der Waals surface area contributed by atoms with Gasteiger partial charge in [-0.05, 0) is 43.7 Å². The maximum Gasteiger partial charge on any atom is 0.251 e. The monoisotopic (exact) mass is 272 g/mol. The van der Waals surface area contributed by atoms with Crippen LogP contribution in [0.3, 0.4) is 0 Å². The van der Waals surface area contributed by atoms with Crippen LogP contribution in [0.5, 0.6) is 0 Å². The first kappa shape index (κ1) is 14.1. The molecule has 0 radical (unpaired) electrons. The van der Waals surface area contributed by atoms with Crippen molar-refractivity contribution >= 4 is 11.6 Å². The Kier molecular flexibility index (Phi) is 4.40. The van der Waals surface area contributed by atoms with Gasteiger partial charge in [0, 0.05) is 31.0 Å². The van der Waals surface area contributed by atoms with Gasteiger partial charge in [0.1, 0.15) is 0 Å². The van der Waals surface area contributed by atoms with Crippen LogP contribution in [-0.2, 0) is 13.6 Å². The predicted molar refractivity (Wildman–Crippen MR) is 79.7 cm³/mol. The van der Waals surface area contributed by atoms with Gasteiger partial charge in [-0.2, -0.15) is 5.10 Å². The van der Waals surface area contributed by atoms with Crippen LogP contribution in [0.4, 0.5) is 5.69 Å². The fraction of sp³-hybridized carbons (Fsp3) is 0.333. The number of carbonyl (C=O) groups is 1. The van der Waals surface area contributed by atoms with Crippen molar-refractivity contribution in [2.45, 2.75) is 20.4 Å². The average Bonchev–Trinajstić information content (AvgIpc) is 2.83. The van der Waals surface area contributed by atoms with E-state index in [0.717, 1.165) is 16.9 Å². The topological polar surface area (TPSA) is 59.0 Å². The highest BCUT2D eigenvalue weighted by atomic mass is 16.1. The maximum absolute atomic E-state index is 11.8. The number of hydrogen-bond donors (Lipinski definition) is 2. The molecule has 0 aliphatic rings. The molecular formula is C15H20N4O. The van der Waals surface area contributed by atoms with E-state index in [1.807, 2.05) is 49.8 Å². The Morgan fingerprint density at radius 2 is 2.15 bits per heavy atom. The standard InChI is InChI=1S/C15H20N4O/c1-4-16-15(20)12-5-6-14(11(2)9-12)17-10-13-7-8-18-19(13)3/h5-9,17H,4,10H2,1-3H3,(H,16,20). The smallest absolute Gasteiger partial charge is 0.251 e. The van der Waals surface area contributed by atoms with Crippen LogP contribution in [-0.4, -0.2) is 22.2 Å². The number of rotatable bonds is 5. The maximum atomic E-state index is 11.8. The van der Waals surface area contributed by atoms with Crippen molar-refractivity contribution in [3.8, 4) is 0 Å². The average molecular weight is 272 g/mol. The summed E-state index contributed by atoms with van der Waals surface area (Å²) in [5, 5.41) is 10.3. The molecule has 0 unspecified atom stereocenters. The van der Waals surface area contributed by atoms with Crippen LogP contribution in [0.2, 0.25) is 0 Å². The lowest BCUT2D eigenvalue weighted by molar-refractivity contribution is 0.0956. The van der Waals surface area contributed by atoms with Crippen LogP contribution in [0, 0.1) is 6.92 Å². The number of aryl methyl sites for hydroxylation is 2. The second kappa shape index (κ2) is 6.23. The van der Waals surface area contributed by atoms with E-state index in [-0.39, 0.29) is 5.91 Å². The quantitative estimate of drug-likeness (QED) is 0.876. The van der Waals surface area contributed by atoms with Gasteiger partial charge in [-0.3, -0.25) is 9.48 Å². The normalized spacial score (nSPS) is 10.3. The second-order valence-corrected chi connectivity index (χ2v) is 4.69. The van der Waals surface area contributed by atoms with Crippen LogP contribution < -0.4 is 10.6 Å². The minimum atomic E-state index is -0.0335. The van der Waals surface area contributed by atoms with Crippen molar-refractivity contribution in [2.75, 3.05) is 11.9 Å². The molecule has 106 valence electrons. The van der Waals surface area contributed by atoms with Crippen molar-refractivity contribution in [1.82, 2.24) is 15.1 Å². The van der Waals surface area contributed by atoms with Crippen LogP contribution in [0.1, 0.15) is 28.5 Å². The van der Waals surface area contributed by atoms with E-state index >= 15 is 0 Å². The van der Waals surface area contributed by atoms with Crippen LogP contribution >= 0.6 is 0 Å². The zero-order valence-corrected chi connectivity index (χ0v) is 12.1. The van der Waals surface area contributed by atoms with Crippen molar-refractivity contribution in [3.05, 3.63) is 47.3 Å². The Balaban J connectivity index is 2.06. The second-order valence-electron chi connectivity index (χ2n) is 4.69. The van der Waals surface area contributed by atoms with Gasteiger partial charge >= 0.3 is 0 Å². The Morgan fingerprint density at radius 3 is 2.75 bits per heavy atom. The van der Waals surface area contributed by atoms with Gasteiger partial charge in [-0.1, -0.05) is 0 Å². The number of aromatic nitrogens is 2. The number of nitrogens with one attached hydrogen (secondary N) is 2. The van der Waals surface area contributed by atoms with E-state index in [2.05, 4.69) is 15.7 Å². The Morgan fingerprint density at radius 1 is 1.35 bits per heavy atom. The third-order valence-corrected chi connectivity index (χ3v) is 3.21. The van der Waals surface area contributed by atoms with E-state index in [0.29, 0.717) is 18.7 Å². The molecule has 0 aliphatic carbocycles. The number of anilines is 1. The number of amides is 1. The van der Waals surface area contributed by atoms with Gasteiger partial charge < -0.3 is 10.6 Å². The van der Waals surface area contributed by atoms with E-state index in [1.165, 1.54) is 0 Å². The molecule has 2 aromatic rings. The summed E-state index contributed by atoms with van der Waals surface area (Å²) in [6.07, 6.45) is 1.78. The Labute approximate surface area is 119 Å². The molecule has 0 bridgehead atoms. The number of nitrogens with zero attached hydrogens (tertiary/aromatic N) is 2. The summed E-state index contributed by atoms with van der Waals surface area (Å²) in [4.78, 5) is 11.8. The summed E-state index contributed by atoms with van der Waals surface area (Å²) in [6, 6.07) is 7.65. The molecule has 1 aromatic carbocycles. The van der Waals surface area contributed by atoms with Gasteiger partial charge in [0.05, 0.1) is 12.2 Å². The van der Waals surface area contributed by atoms with E-state index in [9.17, 15) is 4.79 Å². The van der Waals surface area contributed by atoms with Crippen molar-refractivity contribution in [3.63, 3.8) is 0 Å². The molecule has 5 nitrogen and oxygen atoms in total. The van der Waals surface area contributed by atoms with E-state index in [1.54, 1.807) is 6.20 Å². The van der Waals surface area contributed by atoms with Gasteiger partial charge in [0.25, 0.3) is 5.91 Å². The van der Waals surface area contributed by atoms with Crippen molar-refractivity contribution in [2.24, 2.45) is 7.05 Å². The first-order valence-electron chi connectivity index (χ1n) is 6.71. The first-order chi connectivity index (χ1) is 9.61. The summed E-state index contributed by atoms with van der Waals surface area (Å²) >= 11 is 0. The highest BCUT2D eigenvalue weighted by molar-refractivity contribution is 5.94. The minimum absolute atomic E-state index is 0.0335. The molecule has 1 heterocycles. The Bertz CT molecular complexity index is 604. The lowest BCUT2D eigenvalue weighted by Gasteiger charge is -2.11. The summed E-state index contributed by atoms with van der Waals surface area (Å²) < 4.78 is 1.84. The molecule has 0 fully saturated rings. The molecule has 2 N–H and O–H groups in total. The fourth-order valence-electron chi connectivity index (χ4n) is 2.03. The molecule has 0 atom stereocenters. The number of carbonyl (C=O) groups excluding carboxylic acids is 1. The molecular weight excluding hydrogens is 252 g/mol. The lowest BCUT2D eigenvalue weighted by Crippen LogP contribution is -2.22. The Hall–Kier alpha value is -2.30. The van der Waals surface area contributed by atoms with Crippen LogP contribution in [0.25, 0.3) is 0 Å². The third kappa shape index (κ3) is 3.17. The highest BCUT2D eigenvalue weighted by Crippen LogP contribution is 2.17. The van der Waals surface area contributed by atoms with Gasteiger partial charge in [0.2, 0.25) is 0 Å². The van der Waals surface area contributed by atoms with Gasteiger partial charge in [-0.15, -0.1) is 0 Å². The molecule has 2 rings (SSSR count). The summed E-state index contributed by atoms with van der Waals surface area (Å²) in [5.74, 6) is -0.0335. The number of benzene rings is 1. The zero-order valence-electron chi connectivity index (χ0n) is 12.1. The highest BCUT2D eigenvalue weighted by Gasteiger charge is 2.07. The van der Waals surface area contributed by atoms with E-state index < -0.39 is 0 Å². The molecule has 1 amide bonds. The van der Waals surface area contributed by atoms with Crippen molar-refractivity contribution in [1.29, 1.82) is 0 Å². The molecule has 0 saturated heterocycles. The lowest BCUT2D eigenvalue weighted by atomic mass is 10.1. The summed E-state index contributed by atoms with van der Waals surface area (Å²) in [6.45, 7) is 5.25. The molecule has 0 aliphatic heterocycles. The molecule has 0 saturated carbocycles. The molecule has 1 aromatic heterocycles. The molecule has 0 spiro atoms. The molecule has 5 heteroatoms. The number of hydrogen-bond acceptors (Lipinski definition) is 3.